The summed E-state index contributed by atoms with van der Waals surface area (Å²) in [6, 6.07) is 10.8. The fourth-order valence-corrected chi connectivity index (χ4v) is 2.07. The van der Waals surface area contributed by atoms with Crippen molar-refractivity contribution in [1.29, 1.82) is 0 Å². The van der Waals surface area contributed by atoms with Gasteiger partial charge >= 0.3 is 0 Å². The average Bonchev–Trinajstić information content (AvgIpc) is 2.87. The van der Waals surface area contributed by atoms with Gasteiger partial charge in [-0.3, -0.25) is 4.40 Å². The molecule has 3 nitrogen and oxygen atoms in total. The van der Waals surface area contributed by atoms with Crippen LogP contribution in [-0.4, -0.2) is 9.38 Å². The van der Waals surface area contributed by atoms with E-state index in [1.807, 2.05) is 28.8 Å². The van der Waals surface area contributed by atoms with Crippen LogP contribution in [0.1, 0.15) is 5.56 Å². The van der Waals surface area contributed by atoms with Gasteiger partial charge < -0.3 is 5.73 Å². The maximum absolute atomic E-state index is 13.4. The summed E-state index contributed by atoms with van der Waals surface area (Å²) in [5, 5.41) is 0. The van der Waals surface area contributed by atoms with Gasteiger partial charge in [-0.25, -0.2) is 9.37 Å². The topological polar surface area (TPSA) is 43.3 Å². The number of pyridine rings is 1. The number of hydrogen-bond donors (Lipinski definition) is 1. The molecule has 0 saturated heterocycles. The molecule has 0 amide bonds. The Labute approximate surface area is 104 Å². The smallest absolute Gasteiger partial charge is 0.137 e. The third-order valence-electron chi connectivity index (χ3n) is 2.99. The second-order valence-corrected chi connectivity index (χ2v) is 4.08. The Morgan fingerprint density at radius 1 is 1.22 bits per heavy atom. The second kappa shape index (κ2) is 4.23. The van der Waals surface area contributed by atoms with E-state index in [-0.39, 0.29) is 12.4 Å². The van der Waals surface area contributed by atoms with Crippen LogP contribution in [0.15, 0.2) is 48.8 Å². The van der Waals surface area contributed by atoms with Crippen LogP contribution in [0.25, 0.3) is 16.9 Å². The van der Waals surface area contributed by atoms with Gasteiger partial charge in [0.2, 0.25) is 0 Å². The number of fused-ring (bicyclic) bond motifs is 1. The lowest BCUT2D eigenvalue weighted by Crippen LogP contribution is -2.00. The molecule has 0 fully saturated rings. The van der Waals surface area contributed by atoms with Crippen molar-refractivity contribution in [2.45, 2.75) is 6.54 Å². The van der Waals surface area contributed by atoms with Crippen molar-refractivity contribution in [3.63, 3.8) is 0 Å². The number of halogens is 1. The number of hydrogen-bond acceptors (Lipinski definition) is 2. The molecule has 0 saturated carbocycles. The fourth-order valence-electron chi connectivity index (χ4n) is 2.07. The maximum Gasteiger partial charge on any atom is 0.137 e. The standard InChI is InChI=1S/C14H12FN3/c15-12-5-4-10(8-11(12)9-16)13-2-1-3-14-17-6-7-18(13)14/h1-8H,9,16H2. The molecule has 0 atom stereocenters. The molecule has 0 aliphatic carbocycles. The molecular formula is C14H12FN3. The molecule has 90 valence electrons. The lowest BCUT2D eigenvalue weighted by Gasteiger charge is -2.08. The van der Waals surface area contributed by atoms with Crippen molar-refractivity contribution in [2.24, 2.45) is 5.73 Å². The molecule has 1 aromatic carbocycles. The predicted molar refractivity (Wildman–Crippen MR) is 68.5 cm³/mol. The van der Waals surface area contributed by atoms with E-state index < -0.39 is 0 Å². The first-order valence-electron chi connectivity index (χ1n) is 5.70. The summed E-state index contributed by atoms with van der Waals surface area (Å²) >= 11 is 0. The highest BCUT2D eigenvalue weighted by atomic mass is 19.1. The summed E-state index contributed by atoms with van der Waals surface area (Å²) in [7, 11) is 0. The number of nitrogens with zero attached hydrogens (tertiary/aromatic N) is 2. The zero-order chi connectivity index (χ0) is 12.5. The van der Waals surface area contributed by atoms with Crippen LogP contribution in [-0.2, 0) is 6.54 Å². The summed E-state index contributed by atoms with van der Waals surface area (Å²) in [4.78, 5) is 4.23. The Bertz CT molecular complexity index is 703. The molecule has 0 bridgehead atoms. The first kappa shape index (κ1) is 10.9. The molecule has 0 aliphatic rings. The van der Waals surface area contributed by atoms with Gasteiger partial charge in [0.1, 0.15) is 11.5 Å². The number of rotatable bonds is 2. The first-order chi connectivity index (χ1) is 8.79. The van der Waals surface area contributed by atoms with E-state index in [0.29, 0.717) is 5.56 Å². The van der Waals surface area contributed by atoms with E-state index in [9.17, 15) is 4.39 Å². The van der Waals surface area contributed by atoms with Crippen LogP contribution in [0.4, 0.5) is 4.39 Å². The van der Waals surface area contributed by atoms with E-state index in [1.54, 1.807) is 18.3 Å². The van der Waals surface area contributed by atoms with E-state index in [0.717, 1.165) is 16.9 Å². The zero-order valence-corrected chi connectivity index (χ0v) is 9.68. The SMILES string of the molecule is NCc1cc(-c2cccc3nccn23)ccc1F. The van der Waals surface area contributed by atoms with E-state index in [4.69, 9.17) is 5.73 Å². The van der Waals surface area contributed by atoms with Gasteiger partial charge in [0.05, 0.1) is 5.69 Å². The largest absolute Gasteiger partial charge is 0.326 e. The minimum atomic E-state index is -0.265. The van der Waals surface area contributed by atoms with Crippen molar-refractivity contribution in [2.75, 3.05) is 0 Å². The van der Waals surface area contributed by atoms with Gasteiger partial charge in [-0.15, -0.1) is 0 Å². The fraction of sp³-hybridized carbons (Fsp3) is 0.0714. The lowest BCUT2D eigenvalue weighted by molar-refractivity contribution is 0.611. The van der Waals surface area contributed by atoms with Crippen LogP contribution in [0.3, 0.4) is 0 Å². The average molecular weight is 241 g/mol. The van der Waals surface area contributed by atoms with Crippen molar-refractivity contribution >= 4 is 5.65 Å². The van der Waals surface area contributed by atoms with Crippen LogP contribution >= 0.6 is 0 Å². The van der Waals surface area contributed by atoms with Gasteiger partial charge in [-0.05, 0) is 35.9 Å². The van der Waals surface area contributed by atoms with Crippen molar-refractivity contribution in [3.05, 3.63) is 60.2 Å². The normalized spacial score (nSPS) is 11.0. The third-order valence-corrected chi connectivity index (χ3v) is 2.99. The van der Waals surface area contributed by atoms with Crippen LogP contribution < -0.4 is 5.73 Å². The van der Waals surface area contributed by atoms with Crippen molar-refractivity contribution in [3.8, 4) is 11.3 Å². The molecule has 2 aromatic heterocycles. The molecule has 0 unspecified atom stereocenters. The lowest BCUT2D eigenvalue weighted by atomic mass is 10.1. The summed E-state index contributed by atoms with van der Waals surface area (Å²) in [6.45, 7) is 0.194. The van der Waals surface area contributed by atoms with Gasteiger partial charge in [0.15, 0.2) is 0 Å². The van der Waals surface area contributed by atoms with E-state index >= 15 is 0 Å². The van der Waals surface area contributed by atoms with Crippen LogP contribution in [0.5, 0.6) is 0 Å². The molecule has 0 spiro atoms. The molecule has 3 rings (SSSR count). The van der Waals surface area contributed by atoms with Crippen LogP contribution in [0, 0.1) is 5.82 Å². The first-order valence-corrected chi connectivity index (χ1v) is 5.70. The number of benzene rings is 1. The zero-order valence-electron chi connectivity index (χ0n) is 9.68. The third kappa shape index (κ3) is 1.67. The summed E-state index contributed by atoms with van der Waals surface area (Å²) in [5.74, 6) is -0.265. The Morgan fingerprint density at radius 2 is 2.11 bits per heavy atom. The van der Waals surface area contributed by atoms with Crippen molar-refractivity contribution < 1.29 is 4.39 Å². The molecular weight excluding hydrogens is 229 g/mol. The number of aromatic nitrogens is 2. The molecule has 18 heavy (non-hydrogen) atoms. The Hall–Kier alpha value is -2.20. The monoisotopic (exact) mass is 241 g/mol. The Kier molecular flexibility index (Phi) is 2.57. The van der Waals surface area contributed by atoms with Gasteiger partial charge in [-0.1, -0.05) is 6.07 Å². The molecule has 4 heteroatoms. The molecule has 2 N–H and O–H groups in total. The molecule has 0 radical (unpaired) electrons. The van der Waals surface area contributed by atoms with Gasteiger partial charge in [-0.2, -0.15) is 0 Å². The summed E-state index contributed by atoms with van der Waals surface area (Å²) in [5.41, 5.74) is 8.82. The van der Waals surface area contributed by atoms with Gasteiger partial charge in [0, 0.05) is 24.5 Å². The highest BCUT2D eigenvalue weighted by molar-refractivity contribution is 5.64. The predicted octanol–water partition coefficient (Wildman–Crippen LogP) is 2.60. The quantitative estimate of drug-likeness (QED) is 0.749. The van der Waals surface area contributed by atoms with Gasteiger partial charge in [0.25, 0.3) is 0 Å². The highest BCUT2D eigenvalue weighted by Gasteiger charge is 2.06. The Balaban J connectivity index is 2.23. The van der Waals surface area contributed by atoms with Crippen LogP contribution in [0.2, 0.25) is 0 Å². The van der Waals surface area contributed by atoms with Crippen molar-refractivity contribution in [1.82, 2.24) is 9.38 Å². The molecule has 2 heterocycles. The second-order valence-electron chi connectivity index (χ2n) is 4.08. The van der Waals surface area contributed by atoms with E-state index in [2.05, 4.69) is 4.98 Å². The van der Waals surface area contributed by atoms with E-state index in [1.165, 1.54) is 6.07 Å². The molecule has 0 aliphatic heterocycles. The maximum atomic E-state index is 13.4. The Morgan fingerprint density at radius 3 is 2.94 bits per heavy atom. The summed E-state index contributed by atoms with van der Waals surface area (Å²) < 4.78 is 15.4. The highest BCUT2D eigenvalue weighted by Crippen LogP contribution is 2.22. The number of nitrogens with two attached hydrogens (primary N) is 1. The molecule has 3 aromatic rings. The minimum absolute atomic E-state index is 0.194. The summed E-state index contributed by atoms with van der Waals surface area (Å²) in [6.07, 6.45) is 3.63. The number of imidazole rings is 1. The minimum Gasteiger partial charge on any atom is -0.326 e.